The Morgan fingerprint density at radius 1 is 1.15 bits per heavy atom. The molecule has 5 atom stereocenters. The lowest BCUT2D eigenvalue weighted by molar-refractivity contribution is 0.0583. The summed E-state index contributed by atoms with van der Waals surface area (Å²) in [5, 5.41) is 3.69. The van der Waals surface area contributed by atoms with Crippen LogP contribution >= 0.6 is 0 Å². The Morgan fingerprint density at radius 2 is 1.85 bits per heavy atom. The molecule has 0 aromatic rings. The number of likely N-dealkylation sites (N-methyl/N-ethyl adjacent to an activating group) is 2. The third-order valence-electron chi connectivity index (χ3n) is 6.72. The van der Waals surface area contributed by atoms with Crippen molar-refractivity contribution < 1.29 is 0 Å². The van der Waals surface area contributed by atoms with Crippen LogP contribution < -0.4 is 5.32 Å². The largest absolute Gasteiger partial charge is 0.315 e. The zero-order valence-electron chi connectivity index (χ0n) is 14.4. The highest BCUT2D eigenvalue weighted by atomic mass is 15.2. The molecule has 2 fully saturated rings. The van der Waals surface area contributed by atoms with Crippen molar-refractivity contribution >= 4 is 0 Å². The smallest absolute Gasteiger partial charge is 0.0331 e. The Labute approximate surface area is 126 Å². The van der Waals surface area contributed by atoms with Crippen molar-refractivity contribution in [3.63, 3.8) is 0 Å². The molecule has 2 heteroatoms. The van der Waals surface area contributed by atoms with Crippen LogP contribution in [0.5, 0.6) is 0 Å². The van der Waals surface area contributed by atoms with Crippen molar-refractivity contribution in [2.75, 3.05) is 20.1 Å². The Bertz CT molecular complexity index is 300. The zero-order chi connectivity index (χ0) is 14.8. The average Bonchev–Trinajstić information content (AvgIpc) is 3.08. The minimum Gasteiger partial charge on any atom is -0.315 e. The van der Waals surface area contributed by atoms with E-state index >= 15 is 0 Å². The molecule has 0 spiro atoms. The van der Waals surface area contributed by atoms with Gasteiger partial charge in [0.15, 0.2) is 0 Å². The SMILES string of the molecule is CCN(CC)C(C)(CC)C(CC1CC2CCC1C2)NC. The first-order valence-corrected chi connectivity index (χ1v) is 9.01. The van der Waals surface area contributed by atoms with E-state index in [-0.39, 0.29) is 0 Å². The molecule has 2 nitrogen and oxygen atoms in total. The van der Waals surface area contributed by atoms with E-state index in [1.807, 2.05) is 0 Å². The first kappa shape index (κ1) is 16.3. The Hall–Kier alpha value is -0.0800. The molecule has 2 saturated carbocycles. The van der Waals surface area contributed by atoms with E-state index in [9.17, 15) is 0 Å². The average molecular weight is 280 g/mol. The standard InChI is InChI=1S/C18H36N2/c1-6-18(4,20(7-2)8-3)17(19-5)13-16-12-14-9-10-15(16)11-14/h14-17,19H,6-13H2,1-5H3. The molecule has 118 valence electrons. The van der Waals surface area contributed by atoms with Gasteiger partial charge in [-0.15, -0.1) is 0 Å². The summed E-state index contributed by atoms with van der Waals surface area (Å²) < 4.78 is 0. The molecule has 1 N–H and O–H groups in total. The summed E-state index contributed by atoms with van der Waals surface area (Å²) >= 11 is 0. The Kier molecular flexibility index (Phi) is 5.53. The normalized spacial score (nSPS) is 33.6. The molecule has 2 rings (SSSR count). The molecule has 0 saturated heterocycles. The molecular weight excluding hydrogens is 244 g/mol. The molecule has 2 aliphatic rings. The van der Waals surface area contributed by atoms with Crippen LogP contribution in [0.1, 0.15) is 66.2 Å². The third kappa shape index (κ3) is 2.92. The van der Waals surface area contributed by atoms with Crippen molar-refractivity contribution in [1.29, 1.82) is 0 Å². The summed E-state index contributed by atoms with van der Waals surface area (Å²) in [7, 11) is 2.18. The van der Waals surface area contributed by atoms with Crippen LogP contribution in [0.25, 0.3) is 0 Å². The topological polar surface area (TPSA) is 15.3 Å². The number of fused-ring (bicyclic) bond motifs is 2. The molecule has 0 radical (unpaired) electrons. The molecule has 0 aromatic carbocycles. The van der Waals surface area contributed by atoms with Crippen LogP contribution in [0, 0.1) is 17.8 Å². The van der Waals surface area contributed by atoms with Gasteiger partial charge in [0.1, 0.15) is 0 Å². The van der Waals surface area contributed by atoms with Gasteiger partial charge in [0, 0.05) is 11.6 Å². The number of hydrogen-bond acceptors (Lipinski definition) is 2. The molecule has 5 unspecified atom stereocenters. The van der Waals surface area contributed by atoms with E-state index in [1.54, 1.807) is 0 Å². The second-order valence-corrected chi connectivity index (χ2v) is 7.39. The van der Waals surface area contributed by atoms with Crippen molar-refractivity contribution in [2.24, 2.45) is 17.8 Å². The van der Waals surface area contributed by atoms with Gasteiger partial charge >= 0.3 is 0 Å². The number of hydrogen-bond donors (Lipinski definition) is 1. The lowest BCUT2D eigenvalue weighted by Gasteiger charge is -2.47. The lowest BCUT2D eigenvalue weighted by atomic mass is 9.77. The third-order valence-corrected chi connectivity index (χ3v) is 6.72. The van der Waals surface area contributed by atoms with Crippen LogP contribution in [0.3, 0.4) is 0 Å². The van der Waals surface area contributed by atoms with E-state index in [2.05, 4.69) is 45.0 Å². The molecule has 0 aliphatic heterocycles. The molecule has 20 heavy (non-hydrogen) atoms. The van der Waals surface area contributed by atoms with E-state index in [0.717, 1.165) is 30.8 Å². The van der Waals surface area contributed by atoms with Gasteiger partial charge in [-0.3, -0.25) is 4.90 Å². The van der Waals surface area contributed by atoms with Gasteiger partial charge in [0.2, 0.25) is 0 Å². The summed E-state index contributed by atoms with van der Waals surface area (Å²) in [5.74, 6) is 3.12. The molecule has 2 bridgehead atoms. The Balaban J connectivity index is 2.05. The van der Waals surface area contributed by atoms with Gasteiger partial charge in [-0.2, -0.15) is 0 Å². The van der Waals surface area contributed by atoms with Crippen molar-refractivity contribution in [3.05, 3.63) is 0 Å². The molecular formula is C18H36N2. The maximum absolute atomic E-state index is 3.69. The summed E-state index contributed by atoms with van der Waals surface area (Å²) in [5.41, 5.74) is 0.306. The predicted molar refractivity (Wildman–Crippen MR) is 88.0 cm³/mol. The highest BCUT2D eigenvalue weighted by Crippen LogP contribution is 2.50. The highest BCUT2D eigenvalue weighted by Gasteiger charge is 2.43. The fourth-order valence-electron chi connectivity index (χ4n) is 5.29. The van der Waals surface area contributed by atoms with Crippen LogP contribution in [-0.2, 0) is 0 Å². The Morgan fingerprint density at radius 3 is 2.25 bits per heavy atom. The highest BCUT2D eigenvalue weighted by molar-refractivity contribution is 4.99. The molecule has 0 aromatic heterocycles. The fourth-order valence-corrected chi connectivity index (χ4v) is 5.29. The predicted octanol–water partition coefficient (Wildman–Crippen LogP) is 3.91. The van der Waals surface area contributed by atoms with Crippen LogP contribution in [0.15, 0.2) is 0 Å². The lowest BCUT2D eigenvalue weighted by Crippen LogP contribution is -2.59. The van der Waals surface area contributed by atoms with Crippen LogP contribution in [-0.4, -0.2) is 36.6 Å². The summed E-state index contributed by atoms with van der Waals surface area (Å²) in [6.45, 7) is 11.8. The summed E-state index contributed by atoms with van der Waals surface area (Å²) in [6, 6.07) is 0.636. The minimum atomic E-state index is 0.306. The second-order valence-electron chi connectivity index (χ2n) is 7.39. The molecule has 2 aliphatic carbocycles. The maximum Gasteiger partial charge on any atom is 0.0331 e. The zero-order valence-corrected chi connectivity index (χ0v) is 14.4. The van der Waals surface area contributed by atoms with Crippen LogP contribution in [0.2, 0.25) is 0 Å². The van der Waals surface area contributed by atoms with E-state index < -0.39 is 0 Å². The van der Waals surface area contributed by atoms with E-state index in [1.165, 1.54) is 38.5 Å². The second kappa shape index (κ2) is 6.79. The van der Waals surface area contributed by atoms with Gasteiger partial charge in [-0.25, -0.2) is 0 Å². The number of nitrogens with one attached hydrogen (secondary N) is 1. The van der Waals surface area contributed by atoms with Crippen molar-refractivity contribution in [1.82, 2.24) is 10.2 Å². The fraction of sp³-hybridized carbons (Fsp3) is 1.00. The minimum absolute atomic E-state index is 0.306. The maximum atomic E-state index is 3.69. The molecule has 0 amide bonds. The van der Waals surface area contributed by atoms with Crippen molar-refractivity contribution in [3.8, 4) is 0 Å². The van der Waals surface area contributed by atoms with Gasteiger partial charge in [-0.05, 0) is 76.9 Å². The summed E-state index contributed by atoms with van der Waals surface area (Å²) in [6.07, 6.45) is 8.71. The van der Waals surface area contributed by atoms with Crippen molar-refractivity contribution in [2.45, 2.75) is 77.8 Å². The first-order valence-electron chi connectivity index (χ1n) is 9.01. The number of rotatable bonds is 8. The van der Waals surface area contributed by atoms with Gasteiger partial charge < -0.3 is 5.32 Å². The van der Waals surface area contributed by atoms with E-state index in [4.69, 9.17) is 0 Å². The number of nitrogens with zero attached hydrogens (tertiary/aromatic N) is 1. The van der Waals surface area contributed by atoms with Gasteiger partial charge in [0.05, 0.1) is 0 Å². The quantitative estimate of drug-likeness (QED) is 0.725. The molecule has 0 heterocycles. The van der Waals surface area contributed by atoms with Crippen LogP contribution in [0.4, 0.5) is 0 Å². The van der Waals surface area contributed by atoms with E-state index in [0.29, 0.717) is 11.6 Å². The first-order chi connectivity index (χ1) is 9.58. The summed E-state index contributed by atoms with van der Waals surface area (Å²) in [4.78, 5) is 2.67. The van der Waals surface area contributed by atoms with Gasteiger partial charge in [-0.1, -0.05) is 27.2 Å². The monoisotopic (exact) mass is 280 g/mol. The van der Waals surface area contributed by atoms with Gasteiger partial charge in [0.25, 0.3) is 0 Å².